The highest BCUT2D eigenvalue weighted by Crippen LogP contribution is 2.23. The van der Waals surface area contributed by atoms with Crippen molar-refractivity contribution in [1.82, 2.24) is 4.68 Å². The van der Waals surface area contributed by atoms with Crippen LogP contribution in [0.15, 0.2) is 66.7 Å². The minimum Gasteiger partial charge on any atom is -0.481 e. The predicted octanol–water partition coefficient (Wildman–Crippen LogP) is 3.19. The highest BCUT2D eigenvalue weighted by Gasteiger charge is 2.18. The third-order valence-electron chi connectivity index (χ3n) is 4.36. The zero-order valence-electron chi connectivity index (χ0n) is 15.9. The molecule has 0 saturated heterocycles. The summed E-state index contributed by atoms with van der Waals surface area (Å²) in [6.45, 7) is 1.97. The third-order valence-corrected chi connectivity index (χ3v) is 4.36. The van der Waals surface area contributed by atoms with Gasteiger partial charge in [-0.2, -0.15) is 0 Å². The second kappa shape index (κ2) is 8.88. The van der Waals surface area contributed by atoms with Gasteiger partial charge in [0, 0.05) is 23.4 Å². The van der Waals surface area contributed by atoms with Crippen molar-refractivity contribution in [2.45, 2.75) is 19.8 Å². The van der Waals surface area contributed by atoms with Gasteiger partial charge in [0.1, 0.15) is 0 Å². The Morgan fingerprint density at radius 1 is 0.897 bits per heavy atom. The van der Waals surface area contributed by atoms with Gasteiger partial charge in [-0.15, -0.1) is 0 Å². The Balaban J connectivity index is 1.85. The van der Waals surface area contributed by atoms with Crippen LogP contribution in [0.5, 0.6) is 0 Å². The lowest BCUT2D eigenvalue weighted by Crippen LogP contribution is -2.35. The molecule has 0 spiro atoms. The van der Waals surface area contributed by atoms with Crippen LogP contribution in [-0.2, 0) is 20.8 Å². The molecule has 3 aromatic rings. The van der Waals surface area contributed by atoms with E-state index in [4.69, 9.17) is 5.11 Å². The van der Waals surface area contributed by atoms with Crippen molar-refractivity contribution in [2.75, 3.05) is 10.7 Å². The number of carbonyl (C=O) groups is 3. The smallest absolute Gasteiger partial charge is 0.328 e. The highest BCUT2D eigenvalue weighted by molar-refractivity contribution is 6.42. The average Bonchev–Trinajstić information content (AvgIpc) is 3.10. The lowest BCUT2D eigenvalue weighted by molar-refractivity contribution is -0.137. The van der Waals surface area contributed by atoms with Crippen molar-refractivity contribution in [3.8, 4) is 11.3 Å². The number of nitrogens with zero attached hydrogens (tertiary/aromatic N) is 1. The standard InChI is InChI=1S/C22H21N3O4/c1-15-7-9-16(10-8-15)19-13-11-18(12-14-20(26)27)25(19)24-22(29)21(28)23-17-5-3-2-4-6-17/h2-11,13H,12,14H2,1H3,(H,23,28)(H,24,29)(H,26,27). The zero-order chi connectivity index (χ0) is 20.8. The molecule has 1 aromatic heterocycles. The topological polar surface area (TPSA) is 100 Å². The van der Waals surface area contributed by atoms with Crippen LogP contribution in [0.25, 0.3) is 11.3 Å². The summed E-state index contributed by atoms with van der Waals surface area (Å²) in [5.41, 5.74) is 6.26. The molecule has 0 aliphatic rings. The van der Waals surface area contributed by atoms with E-state index in [0.717, 1.165) is 11.1 Å². The van der Waals surface area contributed by atoms with Gasteiger partial charge < -0.3 is 10.4 Å². The molecule has 2 aromatic carbocycles. The quantitative estimate of drug-likeness (QED) is 0.562. The Morgan fingerprint density at radius 2 is 1.59 bits per heavy atom. The summed E-state index contributed by atoms with van der Waals surface area (Å²) in [7, 11) is 0. The molecule has 0 unspecified atom stereocenters. The molecule has 7 heteroatoms. The van der Waals surface area contributed by atoms with Gasteiger partial charge in [0.05, 0.1) is 12.1 Å². The molecule has 0 aliphatic heterocycles. The number of rotatable bonds is 6. The summed E-state index contributed by atoms with van der Waals surface area (Å²) in [5, 5.41) is 11.5. The van der Waals surface area contributed by atoms with Crippen LogP contribution >= 0.6 is 0 Å². The van der Waals surface area contributed by atoms with E-state index in [1.165, 1.54) is 4.68 Å². The minimum absolute atomic E-state index is 0.0938. The molecule has 7 nitrogen and oxygen atoms in total. The van der Waals surface area contributed by atoms with E-state index >= 15 is 0 Å². The first-order valence-corrected chi connectivity index (χ1v) is 9.11. The molecular weight excluding hydrogens is 370 g/mol. The van der Waals surface area contributed by atoms with Crippen LogP contribution in [0.2, 0.25) is 0 Å². The number of hydrogen-bond donors (Lipinski definition) is 3. The molecule has 148 valence electrons. The van der Waals surface area contributed by atoms with Gasteiger partial charge in [0.15, 0.2) is 0 Å². The molecule has 0 bridgehead atoms. The molecular formula is C22H21N3O4. The van der Waals surface area contributed by atoms with Crippen molar-refractivity contribution in [1.29, 1.82) is 0 Å². The van der Waals surface area contributed by atoms with E-state index in [-0.39, 0.29) is 12.8 Å². The molecule has 2 amide bonds. The maximum Gasteiger partial charge on any atom is 0.328 e. The largest absolute Gasteiger partial charge is 0.481 e. The van der Waals surface area contributed by atoms with Crippen LogP contribution in [0.1, 0.15) is 17.7 Å². The number of para-hydroxylation sites is 1. The fraction of sp³-hybridized carbons (Fsp3) is 0.136. The lowest BCUT2D eigenvalue weighted by Gasteiger charge is -2.15. The van der Waals surface area contributed by atoms with Gasteiger partial charge in [-0.1, -0.05) is 48.0 Å². The Labute approximate surface area is 168 Å². The fourth-order valence-corrected chi connectivity index (χ4v) is 2.85. The van der Waals surface area contributed by atoms with Crippen molar-refractivity contribution < 1.29 is 19.5 Å². The molecule has 29 heavy (non-hydrogen) atoms. The number of carboxylic acid groups (broad SMARTS) is 1. The molecule has 0 atom stereocenters. The van der Waals surface area contributed by atoms with Crippen LogP contribution < -0.4 is 10.7 Å². The van der Waals surface area contributed by atoms with Gasteiger partial charge in [-0.25, -0.2) is 0 Å². The number of benzene rings is 2. The van der Waals surface area contributed by atoms with Crippen molar-refractivity contribution in [3.63, 3.8) is 0 Å². The van der Waals surface area contributed by atoms with E-state index in [9.17, 15) is 14.4 Å². The number of aromatic nitrogens is 1. The summed E-state index contributed by atoms with van der Waals surface area (Å²) in [4.78, 5) is 35.7. The highest BCUT2D eigenvalue weighted by atomic mass is 16.4. The number of amides is 2. The van der Waals surface area contributed by atoms with Gasteiger partial charge >= 0.3 is 17.8 Å². The van der Waals surface area contributed by atoms with Gasteiger partial charge in [0.25, 0.3) is 0 Å². The van der Waals surface area contributed by atoms with Crippen LogP contribution in [-0.4, -0.2) is 27.6 Å². The maximum absolute atomic E-state index is 12.5. The Kier molecular flexibility index (Phi) is 6.09. The Morgan fingerprint density at radius 3 is 2.24 bits per heavy atom. The van der Waals surface area contributed by atoms with Crippen LogP contribution in [0.4, 0.5) is 5.69 Å². The monoisotopic (exact) mass is 391 g/mol. The number of aliphatic carboxylic acids is 1. The predicted molar refractivity (Wildman–Crippen MR) is 110 cm³/mol. The Bertz CT molecular complexity index is 1020. The fourth-order valence-electron chi connectivity index (χ4n) is 2.85. The third kappa shape index (κ3) is 5.10. The second-order valence-electron chi connectivity index (χ2n) is 6.57. The molecule has 3 rings (SSSR count). The first-order valence-electron chi connectivity index (χ1n) is 9.11. The summed E-state index contributed by atoms with van der Waals surface area (Å²) in [6.07, 6.45) is 0.116. The first-order chi connectivity index (χ1) is 13.9. The van der Waals surface area contributed by atoms with E-state index in [1.807, 2.05) is 31.2 Å². The molecule has 0 aliphatic carbocycles. The van der Waals surface area contributed by atoms with Gasteiger partial charge in [-0.05, 0) is 31.2 Å². The first kappa shape index (κ1) is 19.9. The van der Waals surface area contributed by atoms with Crippen molar-refractivity contribution in [3.05, 3.63) is 78.0 Å². The normalized spacial score (nSPS) is 10.4. The summed E-state index contributed by atoms with van der Waals surface area (Å²) >= 11 is 0. The SMILES string of the molecule is Cc1ccc(-c2ccc(CCC(=O)O)n2NC(=O)C(=O)Nc2ccccc2)cc1. The van der Waals surface area contributed by atoms with Crippen molar-refractivity contribution in [2.24, 2.45) is 0 Å². The molecule has 0 saturated carbocycles. The van der Waals surface area contributed by atoms with E-state index < -0.39 is 17.8 Å². The number of aryl methyl sites for hydroxylation is 2. The van der Waals surface area contributed by atoms with Crippen molar-refractivity contribution >= 4 is 23.5 Å². The summed E-state index contributed by atoms with van der Waals surface area (Å²) < 4.78 is 1.47. The number of anilines is 1. The average molecular weight is 391 g/mol. The zero-order valence-corrected chi connectivity index (χ0v) is 15.9. The molecule has 0 fully saturated rings. The summed E-state index contributed by atoms with van der Waals surface area (Å²) in [5.74, 6) is -2.61. The van der Waals surface area contributed by atoms with Gasteiger partial charge in [0.2, 0.25) is 0 Å². The number of hydrogen-bond acceptors (Lipinski definition) is 3. The number of nitrogens with one attached hydrogen (secondary N) is 2. The van der Waals surface area contributed by atoms with Crippen LogP contribution in [0.3, 0.4) is 0 Å². The molecule has 1 heterocycles. The second-order valence-corrected chi connectivity index (χ2v) is 6.57. The summed E-state index contributed by atoms with van der Waals surface area (Å²) in [6, 6.07) is 19.9. The van der Waals surface area contributed by atoms with E-state index in [1.54, 1.807) is 42.5 Å². The van der Waals surface area contributed by atoms with E-state index in [0.29, 0.717) is 17.1 Å². The number of carbonyl (C=O) groups excluding carboxylic acids is 2. The lowest BCUT2D eigenvalue weighted by atomic mass is 10.1. The van der Waals surface area contributed by atoms with Crippen LogP contribution in [0, 0.1) is 6.92 Å². The molecule has 3 N–H and O–H groups in total. The maximum atomic E-state index is 12.5. The molecule has 0 radical (unpaired) electrons. The number of carboxylic acids is 1. The van der Waals surface area contributed by atoms with E-state index in [2.05, 4.69) is 10.7 Å². The Hall–Kier alpha value is -3.87. The van der Waals surface area contributed by atoms with Gasteiger partial charge in [-0.3, -0.25) is 24.5 Å². The minimum atomic E-state index is -0.942.